The number of aryl methyl sites for hydroxylation is 2. The van der Waals surface area contributed by atoms with Gasteiger partial charge in [-0.3, -0.25) is 4.79 Å². The molecule has 29 heavy (non-hydrogen) atoms. The summed E-state index contributed by atoms with van der Waals surface area (Å²) in [4.78, 5) is 12.5. The largest absolute Gasteiger partial charge is 0.494 e. The SMILES string of the molecule is COc1cc(-n2cccc2)c(C)cc1NC(=O)CCc1ccc(OC)c(OC)c1. The topological polar surface area (TPSA) is 61.7 Å². The third kappa shape index (κ3) is 4.71. The van der Waals surface area contributed by atoms with Gasteiger partial charge in [0.05, 0.1) is 32.7 Å². The average Bonchev–Trinajstić information content (AvgIpc) is 3.26. The quantitative estimate of drug-likeness (QED) is 0.616. The molecular weight excluding hydrogens is 368 g/mol. The number of nitrogens with zero attached hydrogens (tertiary/aromatic N) is 1. The van der Waals surface area contributed by atoms with Gasteiger partial charge < -0.3 is 24.1 Å². The minimum absolute atomic E-state index is 0.0776. The minimum Gasteiger partial charge on any atom is -0.494 e. The molecule has 3 aromatic rings. The lowest BCUT2D eigenvalue weighted by molar-refractivity contribution is -0.116. The van der Waals surface area contributed by atoms with Gasteiger partial charge in [0.1, 0.15) is 5.75 Å². The first-order valence-corrected chi connectivity index (χ1v) is 9.38. The monoisotopic (exact) mass is 394 g/mol. The predicted molar refractivity (Wildman–Crippen MR) is 114 cm³/mol. The number of benzene rings is 2. The standard InChI is InChI=1S/C23H26N2O4/c1-16-13-18(21(28-3)15-19(16)25-11-5-6-12-25)24-23(26)10-8-17-7-9-20(27-2)22(14-17)29-4/h5-7,9,11-15H,8,10H2,1-4H3,(H,24,26). The van der Waals surface area contributed by atoms with Crippen LogP contribution in [0.1, 0.15) is 17.5 Å². The second-order valence-corrected chi connectivity index (χ2v) is 6.67. The van der Waals surface area contributed by atoms with Gasteiger partial charge in [0.25, 0.3) is 0 Å². The van der Waals surface area contributed by atoms with E-state index in [2.05, 4.69) is 5.32 Å². The summed E-state index contributed by atoms with van der Waals surface area (Å²) in [6, 6.07) is 13.5. The number of hydrogen-bond donors (Lipinski definition) is 1. The molecule has 0 radical (unpaired) electrons. The van der Waals surface area contributed by atoms with Crippen LogP contribution in [0.25, 0.3) is 5.69 Å². The van der Waals surface area contributed by atoms with Crippen LogP contribution in [0.3, 0.4) is 0 Å². The van der Waals surface area contributed by atoms with Crippen molar-refractivity contribution in [2.45, 2.75) is 19.8 Å². The molecule has 3 rings (SSSR count). The molecule has 0 aliphatic carbocycles. The highest BCUT2D eigenvalue weighted by molar-refractivity contribution is 5.92. The highest BCUT2D eigenvalue weighted by atomic mass is 16.5. The molecule has 6 heteroatoms. The van der Waals surface area contributed by atoms with E-state index in [1.165, 1.54) is 0 Å². The Bertz CT molecular complexity index is 981. The molecule has 0 saturated carbocycles. The maximum absolute atomic E-state index is 12.5. The number of rotatable bonds is 8. The fourth-order valence-electron chi connectivity index (χ4n) is 3.22. The minimum atomic E-state index is -0.0776. The number of anilines is 1. The fraction of sp³-hybridized carbons (Fsp3) is 0.261. The third-order valence-electron chi connectivity index (χ3n) is 4.76. The summed E-state index contributed by atoms with van der Waals surface area (Å²) in [6.45, 7) is 2.01. The van der Waals surface area contributed by atoms with E-state index in [9.17, 15) is 4.79 Å². The van der Waals surface area contributed by atoms with Gasteiger partial charge in [-0.2, -0.15) is 0 Å². The molecule has 0 spiro atoms. The van der Waals surface area contributed by atoms with Crippen molar-refractivity contribution in [1.82, 2.24) is 4.57 Å². The maximum atomic E-state index is 12.5. The molecule has 1 aromatic heterocycles. The number of hydrogen-bond acceptors (Lipinski definition) is 4. The summed E-state index contributed by atoms with van der Waals surface area (Å²) in [6.07, 6.45) is 4.89. The van der Waals surface area contributed by atoms with Crippen molar-refractivity contribution < 1.29 is 19.0 Å². The van der Waals surface area contributed by atoms with Gasteiger partial charge in [0, 0.05) is 24.9 Å². The Morgan fingerprint density at radius 2 is 1.62 bits per heavy atom. The molecule has 0 unspecified atom stereocenters. The van der Waals surface area contributed by atoms with Crippen LogP contribution in [-0.4, -0.2) is 31.8 Å². The van der Waals surface area contributed by atoms with Gasteiger partial charge in [-0.25, -0.2) is 0 Å². The van der Waals surface area contributed by atoms with E-state index in [1.54, 1.807) is 21.3 Å². The Morgan fingerprint density at radius 1 is 0.931 bits per heavy atom. The van der Waals surface area contributed by atoms with Crippen molar-refractivity contribution in [3.8, 4) is 22.9 Å². The first-order valence-electron chi connectivity index (χ1n) is 9.38. The van der Waals surface area contributed by atoms with E-state index >= 15 is 0 Å². The molecule has 2 aromatic carbocycles. The number of amides is 1. The van der Waals surface area contributed by atoms with E-state index in [-0.39, 0.29) is 5.91 Å². The van der Waals surface area contributed by atoms with Crippen LogP contribution in [0.15, 0.2) is 54.9 Å². The zero-order valence-corrected chi connectivity index (χ0v) is 17.2. The van der Waals surface area contributed by atoms with Crippen LogP contribution in [0, 0.1) is 6.92 Å². The molecule has 0 fully saturated rings. The molecule has 0 saturated heterocycles. The van der Waals surface area contributed by atoms with E-state index in [0.717, 1.165) is 16.8 Å². The summed E-state index contributed by atoms with van der Waals surface area (Å²) >= 11 is 0. The Morgan fingerprint density at radius 3 is 2.28 bits per heavy atom. The third-order valence-corrected chi connectivity index (χ3v) is 4.76. The smallest absolute Gasteiger partial charge is 0.224 e. The van der Waals surface area contributed by atoms with E-state index < -0.39 is 0 Å². The van der Waals surface area contributed by atoms with Crippen molar-refractivity contribution in [2.75, 3.05) is 26.6 Å². The number of methoxy groups -OCH3 is 3. The molecule has 0 bridgehead atoms. The molecule has 1 N–H and O–H groups in total. The predicted octanol–water partition coefficient (Wildman–Crippen LogP) is 4.38. The normalized spacial score (nSPS) is 10.5. The molecule has 1 amide bonds. The van der Waals surface area contributed by atoms with Crippen LogP contribution in [0.2, 0.25) is 0 Å². The van der Waals surface area contributed by atoms with Gasteiger partial charge in [-0.05, 0) is 54.8 Å². The number of ether oxygens (including phenoxy) is 3. The summed E-state index contributed by atoms with van der Waals surface area (Å²) in [5, 5.41) is 2.97. The van der Waals surface area contributed by atoms with Crippen LogP contribution in [0.4, 0.5) is 5.69 Å². The average molecular weight is 394 g/mol. The van der Waals surface area contributed by atoms with Gasteiger partial charge in [0.2, 0.25) is 5.91 Å². The van der Waals surface area contributed by atoms with Crippen molar-refractivity contribution in [2.24, 2.45) is 0 Å². The maximum Gasteiger partial charge on any atom is 0.224 e. The Balaban J connectivity index is 1.70. The van der Waals surface area contributed by atoms with Crippen LogP contribution in [0.5, 0.6) is 17.2 Å². The Hall–Kier alpha value is -3.41. The molecule has 6 nitrogen and oxygen atoms in total. The lowest BCUT2D eigenvalue weighted by Gasteiger charge is -2.15. The number of nitrogens with one attached hydrogen (secondary N) is 1. The number of carbonyl (C=O) groups excluding carboxylic acids is 1. The first kappa shape index (κ1) is 20.3. The van der Waals surface area contributed by atoms with Crippen molar-refractivity contribution >= 4 is 11.6 Å². The zero-order valence-electron chi connectivity index (χ0n) is 17.2. The van der Waals surface area contributed by atoms with Crippen molar-refractivity contribution in [1.29, 1.82) is 0 Å². The summed E-state index contributed by atoms with van der Waals surface area (Å²) in [7, 11) is 4.80. The second-order valence-electron chi connectivity index (χ2n) is 6.67. The van der Waals surface area contributed by atoms with Crippen LogP contribution >= 0.6 is 0 Å². The van der Waals surface area contributed by atoms with Crippen molar-refractivity contribution in [3.05, 3.63) is 66.0 Å². The zero-order chi connectivity index (χ0) is 20.8. The summed E-state index contributed by atoms with van der Waals surface area (Å²) in [5.41, 5.74) is 3.72. The lowest BCUT2D eigenvalue weighted by atomic mass is 10.1. The van der Waals surface area contributed by atoms with Gasteiger partial charge >= 0.3 is 0 Å². The highest BCUT2D eigenvalue weighted by Gasteiger charge is 2.13. The van der Waals surface area contributed by atoms with E-state index in [0.29, 0.717) is 35.8 Å². The van der Waals surface area contributed by atoms with Gasteiger partial charge in [0.15, 0.2) is 11.5 Å². The molecule has 0 aliphatic heterocycles. The highest BCUT2D eigenvalue weighted by Crippen LogP contribution is 2.31. The second kappa shape index (κ2) is 9.19. The summed E-state index contributed by atoms with van der Waals surface area (Å²) in [5.74, 6) is 1.87. The lowest BCUT2D eigenvalue weighted by Crippen LogP contribution is -2.13. The number of carbonyl (C=O) groups is 1. The van der Waals surface area contributed by atoms with Crippen molar-refractivity contribution in [3.63, 3.8) is 0 Å². The van der Waals surface area contributed by atoms with Gasteiger partial charge in [-0.15, -0.1) is 0 Å². The summed E-state index contributed by atoms with van der Waals surface area (Å²) < 4.78 is 18.1. The van der Waals surface area contributed by atoms with Crippen LogP contribution in [-0.2, 0) is 11.2 Å². The number of aromatic nitrogens is 1. The van der Waals surface area contributed by atoms with E-state index in [1.807, 2.05) is 66.3 Å². The van der Waals surface area contributed by atoms with E-state index in [4.69, 9.17) is 14.2 Å². The molecular formula is C23H26N2O4. The van der Waals surface area contributed by atoms with Gasteiger partial charge in [-0.1, -0.05) is 6.07 Å². The fourth-order valence-corrected chi connectivity index (χ4v) is 3.22. The van der Waals surface area contributed by atoms with Crippen LogP contribution < -0.4 is 19.5 Å². The molecule has 152 valence electrons. The molecule has 0 atom stereocenters. The molecule has 1 heterocycles. The Kier molecular flexibility index (Phi) is 6.44. The Labute approximate surface area is 171 Å². The molecule has 0 aliphatic rings. The first-order chi connectivity index (χ1) is 14.0.